The van der Waals surface area contributed by atoms with E-state index in [1.165, 1.54) is 17.0 Å². The number of halogens is 1. The number of carbonyl (C=O) groups excluding carboxylic acids is 2. The second kappa shape index (κ2) is 12.7. The highest BCUT2D eigenvalue weighted by molar-refractivity contribution is 7.92. The normalized spacial score (nSPS) is 12.0. The molecule has 12 heteroatoms. The molecule has 0 spiro atoms. The highest BCUT2D eigenvalue weighted by Crippen LogP contribution is 2.28. The number of benzene rings is 2. The van der Waals surface area contributed by atoms with Crippen LogP contribution >= 0.6 is 11.6 Å². The maximum absolute atomic E-state index is 13.7. The fourth-order valence-electron chi connectivity index (χ4n) is 3.67. The first kappa shape index (κ1) is 29.1. The number of nitrogens with one attached hydrogen (secondary N) is 1. The van der Waals surface area contributed by atoms with Gasteiger partial charge in [-0.3, -0.25) is 24.0 Å². The van der Waals surface area contributed by atoms with Gasteiger partial charge in [0.1, 0.15) is 12.6 Å². The molecule has 1 N–H and O–H groups in total. The van der Waals surface area contributed by atoms with Crippen molar-refractivity contribution in [3.05, 3.63) is 68.7 Å². The molecule has 0 saturated carbocycles. The average molecular weight is 539 g/mol. The number of sulfonamides is 1. The molecule has 196 valence electrons. The Labute approximate surface area is 216 Å². The Morgan fingerprint density at radius 2 is 1.83 bits per heavy atom. The molecule has 0 radical (unpaired) electrons. The SMILES string of the molecule is CCCNC(=O)[C@H](CC)N(Cc1ccccc1Cl)C(=O)CN(c1cc([N+](=O)[O-])ccc1C)S(C)(=O)=O. The van der Waals surface area contributed by atoms with Gasteiger partial charge in [0.05, 0.1) is 16.9 Å². The van der Waals surface area contributed by atoms with Crippen molar-refractivity contribution in [2.75, 3.05) is 23.7 Å². The summed E-state index contributed by atoms with van der Waals surface area (Å²) in [5.74, 6) is -1.01. The monoisotopic (exact) mass is 538 g/mol. The van der Waals surface area contributed by atoms with E-state index in [1.54, 1.807) is 38.1 Å². The number of carbonyl (C=O) groups is 2. The smallest absolute Gasteiger partial charge is 0.271 e. The maximum Gasteiger partial charge on any atom is 0.271 e. The molecule has 2 rings (SSSR count). The minimum atomic E-state index is -4.02. The van der Waals surface area contributed by atoms with Crippen molar-refractivity contribution in [2.45, 2.75) is 46.2 Å². The zero-order chi connectivity index (χ0) is 27.0. The largest absolute Gasteiger partial charge is 0.354 e. The molecular formula is C24H31ClN4O6S. The number of amides is 2. The van der Waals surface area contributed by atoms with Crippen LogP contribution in [0.5, 0.6) is 0 Å². The summed E-state index contributed by atoms with van der Waals surface area (Å²) < 4.78 is 26.3. The van der Waals surface area contributed by atoms with E-state index in [0.717, 1.165) is 16.6 Å². The van der Waals surface area contributed by atoms with Gasteiger partial charge in [-0.15, -0.1) is 0 Å². The van der Waals surface area contributed by atoms with Crippen LogP contribution in [-0.2, 0) is 26.2 Å². The average Bonchev–Trinajstić information content (AvgIpc) is 2.81. The van der Waals surface area contributed by atoms with Crippen molar-refractivity contribution in [1.29, 1.82) is 0 Å². The van der Waals surface area contributed by atoms with Crippen LogP contribution in [0.15, 0.2) is 42.5 Å². The van der Waals surface area contributed by atoms with Gasteiger partial charge in [0.15, 0.2) is 0 Å². The molecule has 0 saturated heterocycles. The van der Waals surface area contributed by atoms with Crippen molar-refractivity contribution >= 4 is 44.8 Å². The van der Waals surface area contributed by atoms with E-state index < -0.39 is 33.4 Å². The third-order valence-corrected chi connectivity index (χ3v) is 7.08. The molecule has 2 aromatic carbocycles. The molecule has 2 amide bonds. The fourth-order valence-corrected chi connectivity index (χ4v) is 4.76. The van der Waals surface area contributed by atoms with E-state index >= 15 is 0 Å². The summed E-state index contributed by atoms with van der Waals surface area (Å²) >= 11 is 6.32. The summed E-state index contributed by atoms with van der Waals surface area (Å²) in [6, 6.07) is 9.78. The van der Waals surface area contributed by atoms with Crippen LogP contribution in [0.2, 0.25) is 5.02 Å². The van der Waals surface area contributed by atoms with Crippen LogP contribution < -0.4 is 9.62 Å². The van der Waals surface area contributed by atoms with Gasteiger partial charge < -0.3 is 10.2 Å². The van der Waals surface area contributed by atoms with Crippen molar-refractivity contribution in [2.24, 2.45) is 0 Å². The first-order chi connectivity index (χ1) is 16.9. The molecule has 10 nitrogen and oxygen atoms in total. The minimum absolute atomic E-state index is 0.0150. The first-order valence-corrected chi connectivity index (χ1v) is 13.7. The van der Waals surface area contributed by atoms with Crippen molar-refractivity contribution in [3.63, 3.8) is 0 Å². The zero-order valence-corrected chi connectivity index (χ0v) is 22.3. The Balaban J connectivity index is 2.53. The standard InChI is InChI=1S/C24H31ClN4O6S/c1-5-13-26-24(31)21(6-2)27(15-18-9-7-8-10-20(18)25)23(30)16-28(36(4,34)35)22-14-19(29(32)33)12-11-17(22)3/h7-12,14,21H,5-6,13,15-16H2,1-4H3,(H,26,31)/t21-/m0/s1. The number of nitro groups is 1. The summed E-state index contributed by atoms with van der Waals surface area (Å²) in [6.45, 7) is 4.99. The molecule has 0 fully saturated rings. The molecule has 0 aliphatic rings. The summed E-state index contributed by atoms with van der Waals surface area (Å²) in [4.78, 5) is 38.6. The quantitative estimate of drug-likeness (QED) is 0.324. The summed E-state index contributed by atoms with van der Waals surface area (Å²) in [6.07, 6.45) is 1.90. The van der Waals surface area contributed by atoms with Gasteiger partial charge in [-0.1, -0.05) is 49.7 Å². The predicted molar refractivity (Wildman–Crippen MR) is 139 cm³/mol. The summed E-state index contributed by atoms with van der Waals surface area (Å²) in [7, 11) is -4.02. The molecule has 0 aromatic heterocycles. The minimum Gasteiger partial charge on any atom is -0.354 e. The topological polar surface area (TPSA) is 130 Å². The highest BCUT2D eigenvalue weighted by Gasteiger charge is 2.32. The molecule has 0 aliphatic carbocycles. The van der Waals surface area contributed by atoms with E-state index in [1.807, 2.05) is 6.92 Å². The molecule has 36 heavy (non-hydrogen) atoms. The summed E-state index contributed by atoms with van der Waals surface area (Å²) in [5, 5.41) is 14.5. The van der Waals surface area contributed by atoms with Gasteiger partial charge >= 0.3 is 0 Å². The van der Waals surface area contributed by atoms with Gasteiger partial charge in [-0.25, -0.2) is 8.42 Å². The number of nitro benzene ring substituents is 1. The lowest BCUT2D eigenvalue weighted by molar-refractivity contribution is -0.384. The Morgan fingerprint density at radius 1 is 1.17 bits per heavy atom. The molecule has 1 atom stereocenters. The lowest BCUT2D eigenvalue weighted by Gasteiger charge is -2.33. The summed E-state index contributed by atoms with van der Waals surface area (Å²) in [5.41, 5.74) is 0.729. The molecule has 0 aliphatic heterocycles. The maximum atomic E-state index is 13.7. The van der Waals surface area contributed by atoms with E-state index in [4.69, 9.17) is 11.6 Å². The number of nitrogens with zero attached hydrogens (tertiary/aromatic N) is 3. The number of aryl methyl sites for hydroxylation is 1. The lowest BCUT2D eigenvalue weighted by Crippen LogP contribution is -2.52. The Kier molecular flexibility index (Phi) is 10.2. The first-order valence-electron chi connectivity index (χ1n) is 11.4. The third-order valence-electron chi connectivity index (χ3n) is 5.59. The van der Waals surface area contributed by atoms with E-state index in [9.17, 15) is 28.1 Å². The van der Waals surface area contributed by atoms with Crippen LogP contribution in [-0.4, -0.2) is 55.4 Å². The van der Waals surface area contributed by atoms with Gasteiger partial charge in [-0.2, -0.15) is 0 Å². The number of rotatable bonds is 12. The Hall–Kier alpha value is -3.18. The molecule has 0 bridgehead atoms. The van der Waals surface area contributed by atoms with Gasteiger partial charge in [-0.05, 0) is 37.0 Å². The Morgan fingerprint density at radius 3 is 2.39 bits per heavy atom. The van der Waals surface area contributed by atoms with E-state index in [2.05, 4.69) is 5.32 Å². The molecule has 0 heterocycles. The second-order valence-corrected chi connectivity index (χ2v) is 10.6. The Bertz CT molecular complexity index is 1220. The van der Waals surface area contributed by atoms with Crippen LogP contribution in [0.3, 0.4) is 0 Å². The highest BCUT2D eigenvalue weighted by atomic mass is 35.5. The van der Waals surface area contributed by atoms with Crippen LogP contribution in [0.25, 0.3) is 0 Å². The van der Waals surface area contributed by atoms with Crippen LogP contribution in [0.1, 0.15) is 37.8 Å². The third kappa shape index (κ3) is 7.41. The molecule has 0 unspecified atom stereocenters. The van der Waals surface area contributed by atoms with E-state index in [-0.39, 0.29) is 30.2 Å². The number of hydrogen-bond acceptors (Lipinski definition) is 6. The van der Waals surface area contributed by atoms with Gasteiger partial charge in [0.2, 0.25) is 21.8 Å². The van der Waals surface area contributed by atoms with Crippen molar-refractivity contribution in [3.8, 4) is 0 Å². The molecular weight excluding hydrogens is 508 g/mol. The van der Waals surface area contributed by atoms with Crippen molar-refractivity contribution in [1.82, 2.24) is 10.2 Å². The predicted octanol–water partition coefficient (Wildman–Crippen LogP) is 3.66. The van der Waals surface area contributed by atoms with Crippen molar-refractivity contribution < 1.29 is 22.9 Å². The fraction of sp³-hybridized carbons (Fsp3) is 0.417. The second-order valence-electron chi connectivity index (χ2n) is 8.33. The van der Waals surface area contributed by atoms with Gasteiger partial charge in [0, 0.05) is 30.2 Å². The molecule has 2 aromatic rings. The van der Waals surface area contributed by atoms with Gasteiger partial charge in [0.25, 0.3) is 5.69 Å². The number of non-ortho nitro benzene ring substituents is 1. The number of hydrogen-bond donors (Lipinski definition) is 1. The van der Waals surface area contributed by atoms with Crippen LogP contribution in [0.4, 0.5) is 11.4 Å². The number of anilines is 1. The lowest BCUT2D eigenvalue weighted by atomic mass is 10.1. The van der Waals surface area contributed by atoms with E-state index in [0.29, 0.717) is 29.1 Å². The van der Waals surface area contributed by atoms with Crippen LogP contribution in [0, 0.1) is 17.0 Å². The zero-order valence-electron chi connectivity index (χ0n) is 20.7.